The molecule has 0 fully saturated rings. The lowest BCUT2D eigenvalue weighted by atomic mass is 10.2. The van der Waals surface area contributed by atoms with Crippen LogP contribution in [0.25, 0.3) is 0 Å². The number of nitrogens with one attached hydrogen (secondary N) is 2. The number of aromatic nitrogens is 2. The van der Waals surface area contributed by atoms with Gasteiger partial charge >= 0.3 is 0 Å². The summed E-state index contributed by atoms with van der Waals surface area (Å²) in [6.07, 6.45) is 1.56. The minimum Gasteiger partial charge on any atom is -0.497 e. The second-order valence-corrected chi connectivity index (χ2v) is 6.29. The normalized spacial score (nSPS) is 10.3. The minimum atomic E-state index is -0.308. The molecule has 1 heterocycles. The van der Waals surface area contributed by atoms with E-state index in [0.29, 0.717) is 11.6 Å². The summed E-state index contributed by atoms with van der Waals surface area (Å²) in [5.74, 6) is 0.781. The van der Waals surface area contributed by atoms with Crippen molar-refractivity contribution in [3.63, 3.8) is 0 Å². The first-order valence-corrected chi connectivity index (χ1v) is 9.53. The highest BCUT2D eigenvalue weighted by molar-refractivity contribution is 6.03. The van der Waals surface area contributed by atoms with Gasteiger partial charge < -0.3 is 20.3 Å². The maximum absolute atomic E-state index is 12.5. The number of nitrogens with zero attached hydrogens (tertiary/aromatic N) is 3. The first-order valence-electron chi connectivity index (χ1n) is 9.53. The molecular weight excluding hydrogens is 366 g/mol. The van der Waals surface area contributed by atoms with Crippen LogP contribution in [0.2, 0.25) is 0 Å². The van der Waals surface area contributed by atoms with Crippen molar-refractivity contribution in [2.45, 2.75) is 13.8 Å². The van der Waals surface area contributed by atoms with Crippen LogP contribution in [0.5, 0.6) is 5.75 Å². The molecule has 2 N–H and O–H groups in total. The first kappa shape index (κ1) is 20.1. The Hall–Kier alpha value is -3.61. The summed E-state index contributed by atoms with van der Waals surface area (Å²) in [5.41, 5.74) is 2.96. The van der Waals surface area contributed by atoms with Crippen LogP contribution in [0, 0.1) is 0 Å². The molecule has 29 heavy (non-hydrogen) atoms. The van der Waals surface area contributed by atoms with Crippen molar-refractivity contribution >= 4 is 28.9 Å². The van der Waals surface area contributed by atoms with Gasteiger partial charge in [-0.15, -0.1) is 0 Å². The zero-order chi connectivity index (χ0) is 20.6. The fourth-order valence-electron chi connectivity index (χ4n) is 2.89. The molecule has 0 atom stereocenters. The van der Waals surface area contributed by atoms with E-state index in [1.807, 2.05) is 12.1 Å². The SMILES string of the molecule is CCN(CC)c1ccc(Nc2nccc(C(=O)Nc3ccc(OC)cc3)n2)cc1. The molecule has 0 bridgehead atoms. The first-order chi connectivity index (χ1) is 14.1. The molecular formula is C22H25N5O2. The predicted molar refractivity (Wildman–Crippen MR) is 116 cm³/mol. The van der Waals surface area contributed by atoms with Gasteiger partial charge in [0.1, 0.15) is 11.4 Å². The number of benzene rings is 2. The van der Waals surface area contributed by atoms with Crippen molar-refractivity contribution in [1.29, 1.82) is 0 Å². The van der Waals surface area contributed by atoms with Crippen LogP contribution >= 0.6 is 0 Å². The molecule has 0 radical (unpaired) electrons. The smallest absolute Gasteiger partial charge is 0.274 e. The van der Waals surface area contributed by atoms with E-state index >= 15 is 0 Å². The van der Waals surface area contributed by atoms with E-state index in [0.717, 1.165) is 30.2 Å². The molecule has 0 unspecified atom stereocenters. The highest BCUT2D eigenvalue weighted by Crippen LogP contribution is 2.20. The highest BCUT2D eigenvalue weighted by Gasteiger charge is 2.10. The summed E-state index contributed by atoms with van der Waals surface area (Å²) >= 11 is 0. The Bertz CT molecular complexity index is 938. The number of hydrogen-bond acceptors (Lipinski definition) is 6. The monoisotopic (exact) mass is 391 g/mol. The summed E-state index contributed by atoms with van der Waals surface area (Å²) in [6, 6.07) is 16.7. The van der Waals surface area contributed by atoms with Crippen LogP contribution in [-0.4, -0.2) is 36.1 Å². The molecule has 2 aromatic carbocycles. The van der Waals surface area contributed by atoms with E-state index in [1.165, 1.54) is 0 Å². The molecule has 3 rings (SSSR count). The lowest BCUT2D eigenvalue weighted by molar-refractivity contribution is 0.102. The van der Waals surface area contributed by atoms with Crippen LogP contribution in [0.4, 0.5) is 23.0 Å². The third kappa shape index (κ3) is 5.22. The fourth-order valence-corrected chi connectivity index (χ4v) is 2.89. The maximum atomic E-state index is 12.5. The van der Waals surface area contributed by atoms with Crippen molar-refractivity contribution in [3.05, 3.63) is 66.5 Å². The van der Waals surface area contributed by atoms with Crippen LogP contribution in [-0.2, 0) is 0 Å². The molecule has 7 heteroatoms. The summed E-state index contributed by atoms with van der Waals surface area (Å²) in [5, 5.41) is 5.96. The Kier molecular flexibility index (Phi) is 6.63. The molecule has 1 amide bonds. The number of hydrogen-bond donors (Lipinski definition) is 2. The Labute approximate surface area is 170 Å². The molecule has 0 spiro atoms. The van der Waals surface area contributed by atoms with Gasteiger partial charge in [0.15, 0.2) is 0 Å². The average molecular weight is 391 g/mol. The van der Waals surface area contributed by atoms with Gasteiger partial charge in [0.25, 0.3) is 5.91 Å². The van der Waals surface area contributed by atoms with Crippen LogP contribution in [0.15, 0.2) is 60.8 Å². The van der Waals surface area contributed by atoms with E-state index < -0.39 is 0 Å². The number of ether oxygens (including phenoxy) is 1. The Morgan fingerprint density at radius 2 is 1.62 bits per heavy atom. The van der Waals surface area contributed by atoms with Crippen molar-refractivity contribution in [2.24, 2.45) is 0 Å². The van der Waals surface area contributed by atoms with Gasteiger partial charge in [-0.05, 0) is 68.4 Å². The Morgan fingerprint density at radius 3 is 2.24 bits per heavy atom. The van der Waals surface area contributed by atoms with E-state index in [-0.39, 0.29) is 11.6 Å². The number of carbonyl (C=O) groups is 1. The topological polar surface area (TPSA) is 79.4 Å². The van der Waals surface area contributed by atoms with Gasteiger partial charge in [-0.3, -0.25) is 4.79 Å². The van der Waals surface area contributed by atoms with Crippen molar-refractivity contribution in [2.75, 3.05) is 35.7 Å². The van der Waals surface area contributed by atoms with E-state index in [9.17, 15) is 4.79 Å². The van der Waals surface area contributed by atoms with Crippen LogP contribution in [0.3, 0.4) is 0 Å². The molecule has 0 saturated carbocycles. The molecule has 7 nitrogen and oxygen atoms in total. The lowest BCUT2D eigenvalue weighted by Crippen LogP contribution is -2.21. The molecule has 1 aromatic heterocycles. The molecule has 0 aliphatic heterocycles. The standard InChI is InChI=1S/C22H25N5O2/c1-4-27(5-2)18-10-6-17(7-11-18)25-22-23-15-14-20(26-22)21(28)24-16-8-12-19(29-3)13-9-16/h6-15H,4-5H2,1-3H3,(H,24,28)(H,23,25,26). The zero-order valence-corrected chi connectivity index (χ0v) is 16.8. The second-order valence-electron chi connectivity index (χ2n) is 6.29. The number of rotatable bonds is 8. The van der Waals surface area contributed by atoms with Crippen LogP contribution in [0.1, 0.15) is 24.3 Å². The zero-order valence-electron chi connectivity index (χ0n) is 16.8. The van der Waals surface area contributed by atoms with Crippen LogP contribution < -0.4 is 20.3 Å². The molecule has 3 aromatic rings. The van der Waals surface area contributed by atoms with E-state index in [4.69, 9.17) is 4.74 Å². The second kappa shape index (κ2) is 9.54. The molecule has 0 saturated heterocycles. The van der Waals surface area contributed by atoms with Gasteiger partial charge in [0.05, 0.1) is 7.11 Å². The van der Waals surface area contributed by atoms with Gasteiger partial charge in [-0.1, -0.05) is 0 Å². The number of amides is 1. The molecule has 0 aliphatic carbocycles. The molecule has 0 aliphatic rings. The van der Waals surface area contributed by atoms with Crippen molar-refractivity contribution in [1.82, 2.24) is 9.97 Å². The minimum absolute atomic E-state index is 0.276. The summed E-state index contributed by atoms with van der Waals surface area (Å²) in [7, 11) is 1.60. The number of carbonyl (C=O) groups excluding carboxylic acids is 1. The largest absolute Gasteiger partial charge is 0.497 e. The average Bonchev–Trinajstić information content (AvgIpc) is 2.76. The van der Waals surface area contributed by atoms with Gasteiger partial charge in [0.2, 0.25) is 5.95 Å². The lowest BCUT2D eigenvalue weighted by Gasteiger charge is -2.21. The highest BCUT2D eigenvalue weighted by atomic mass is 16.5. The van der Waals surface area contributed by atoms with Gasteiger partial charge in [-0.25, -0.2) is 9.97 Å². The third-order valence-electron chi connectivity index (χ3n) is 4.49. The van der Waals surface area contributed by atoms with E-state index in [1.54, 1.807) is 43.6 Å². The summed E-state index contributed by atoms with van der Waals surface area (Å²) < 4.78 is 5.12. The quantitative estimate of drug-likeness (QED) is 0.595. The van der Waals surface area contributed by atoms with Gasteiger partial charge in [0, 0.05) is 36.3 Å². The van der Waals surface area contributed by atoms with E-state index in [2.05, 4.69) is 51.5 Å². The van der Waals surface area contributed by atoms with Gasteiger partial charge in [-0.2, -0.15) is 0 Å². The summed E-state index contributed by atoms with van der Waals surface area (Å²) in [4.78, 5) is 23.3. The maximum Gasteiger partial charge on any atom is 0.274 e. The van der Waals surface area contributed by atoms with Crippen molar-refractivity contribution < 1.29 is 9.53 Å². The third-order valence-corrected chi connectivity index (χ3v) is 4.49. The summed E-state index contributed by atoms with van der Waals surface area (Å²) in [6.45, 7) is 6.17. The number of methoxy groups -OCH3 is 1. The molecule has 150 valence electrons. The fraction of sp³-hybridized carbons (Fsp3) is 0.227. The Morgan fingerprint density at radius 1 is 0.966 bits per heavy atom. The predicted octanol–water partition coefficient (Wildman–Crippen LogP) is 4.33. The Balaban J connectivity index is 1.67. The van der Waals surface area contributed by atoms with Crippen molar-refractivity contribution in [3.8, 4) is 5.75 Å². The number of anilines is 4.